The maximum Gasteiger partial charge on any atom is 0.364 e. The van der Waals surface area contributed by atoms with E-state index in [4.69, 9.17) is 66.3 Å². The summed E-state index contributed by atoms with van der Waals surface area (Å²) < 4.78 is 83.7. The molecule has 0 spiro atoms. The molecule has 7 fully saturated rings. The van der Waals surface area contributed by atoms with Crippen LogP contribution in [0, 0.1) is 5.92 Å². The van der Waals surface area contributed by atoms with E-state index in [1.807, 2.05) is 0 Å². The molecule has 53 nitrogen and oxygen atoms in total. The number of carboxylic acids is 3. The number of aliphatic carboxylic acids is 3. The van der Waals surface area contributed by atoms with Gasteiger partial charge in [-0.15, -0.1) is 0 Å². The molecule has 5 amide bonds. The fourth-order valence-electron chi connectivity index (χ4n) is 20.1. The molecule has 7 saturated heterocycles. The molecule has 0 bridgehead atoms. The van der Waals surface area contributed by atoms with Gasteiger partial charge in [-0.1, -0.05) is 188 Å². The zero-order chi connectivity index (χ0) is 111. The number of amides is 5. The van der Waals surface area contributed by atoms with E-state index in [-0.39, 0.29) is 12.8 Å². The highest BCUT2D eigenvalue weighted by Crippen LogP contribution is 2.46. The largest absolute Gasteiger partial charge is 0.477 e. The van der Waals surface area contributed by atoms with E-state index in [0.717, 1.165) is 111 Å². The van der Waals surface area contributed by atoms with Gasteiger partial charge in [-0.25, -0.2) is 14.4 Å². The van der Waals surface area contributed by atoms with E-state index >= 15 is 0 Å². The van der Waals surface area contributed by atoms with Crippen LogP contribution < -0.4 is 26.6 Å². The van der Waals surface area contributed by atoms with Crippen LogP contribution in [-0.2, 0) is 105 Å². The third kappa shape index (κ3) is 36.7. The van der Waals surface area contributed by atoms with Gasteiger partial charge >= 0.3 is 17.9 Å². The second-order valence-corrected chi connectivity index (χ2v) is 40.7. The van der Waals surface area contributed by atoms with Crippen molar-refractivity contribution in [2.45, 2.75) is 504 Å². The molecule has 7 heterocycles. The van der Waals surface area contributed by atoms with E-state index in [9.17, 15) is 171 Å². The molecule has 0 aromatic carbocycles. The number of aliphatic hydroxyl groups is 23. The van der Waals surface area contributed by atoms with Crippen LogP contribution in [0.15, 0.2) is 0 Å². The van der Waals surface area contributed by atoms with Gasteiger partial charge < -0.3 is 226 Å². The minimum absolute atomic E-state index is 0.0438. The summed E-state index contributed by atoms with van der Waals surface area (Å²) in [4.78, 5) is 108. The average molecular weight is 2180 g/mol. The van der Waals surface area contributed by atoms with Crippen molar-refractivity contribution < 1.29 is 237 Å². The molecular weight excluding hydrogens is 2000 g/mol. The number of ether oxygens (including phenoxy) is 14. The van der Waals surface area contributed by atoms with Crippen molar-refractivity contribution in [2.75, 3.05) is 52.9 Å². The first-order chi connectivity index (χ1) is 71.2. The van der Waals surface area contributed by atoms with Crippen LogP contribution in [0.4, 0.5) is 0 Å². The van der Waals surface area contributed by atoms with Crippen LogP contribution in [0.2, 0.25) is 0 Å². The summed E-state index contributed by atoms with van der Waals surface area (Å²) >= 11 is 0. The molecule has 872 valence electrons. The highest BCUT2D eigenvalue weighted by atomic mass is 16.8. The first-order valence-corrected chi connectivity index (χ1v) is 52.7. The molecule has 0 saturated carbocycles. The lowest BCUT2D eigenvalue weighted by molar-refractivity contribution is -0.404. The van der Waals surface area contributed by atoms with Crippen molar-refractivity contribution in [3.63, 3.8) is 0 Å². The van der Waals surface area contributed by atoms with Crippen molar-refractivity contribution in [2.24, 2.45) is 5.92 Å². The van der Waals surface area contributed by atoms with Crippen molar-refractivity contribution in [3.8, 4) is 0 Å². The van der Waals surface area contributed by atoms with Crippen LogP contribution in [0.5, 0.6) is 0 Å². The van der Waals surface area contributed by atoms with Crippen molar-refractivity contribution in [1.82, 2.24) is 26.6 Å². The summed E-state index contributed by atoms with van der Waals surface area (Å²) in [6, 6.07) is -9.64. The predicted octanol–water partition coefficient (Wildman–Crippen LogP) is -6.86. The Morgan fingerprint density at radius 2 is 0.713 bits per heavy atom. The SMILES string of the molecule is CCCCCCCCCCCCCCCCCCCC(=O)NC(COC1OC(CO)C(OC2OC(CO)C(O)C(OC3OC(CO)C(O)C(OC4(C(=O)O)CC(O)C(NC(C)=O)C(C(O)C(CO)OC5OC(CO)C(OC6(C(=O)O)CC(O)C(NC(C)=O)C(C(O)C(O)CO)O6)C(OC6(C(=O)O)CC(O)C(NC(C)=O)C(C(O)C(O)CO)O6)C5O)O4)C3NC(C)=O)C2O)C(O)C1O)C(O)C(O)CCCCCCCCCCC(C)CC. The number of rotatable bonds is 68. The van der Waals surface area contributed by atoms with Crippen LogP contribution in [0.3, 0.4) is 0 Å². The zero-order valence-electron chi connectivity index (χ0n) is 86.4. The molecule has 0 aromatic rings. The highest BCUT2D eigenvalue weighted by molar-refractivity contribution is 5.79. The second-order valence-electron chi connectivity index (χ2n) is 40.7. The number of carboxylic acid groups (broad SMARTS) is 3. The van der Waals surface area contributed by atoms with E-state index in [0.29, 0.717) is 18.8 Å². The van der Waals surface area contributed by atoms with Crippen LogP contribution in [-0.4, -0.2) is 483 Å². The summed E-state index contributed by atoms with van der Waals surface area (Å²) in [6.45, 7) is -0.0765. The third-order valence-corrected chi connectivity index (χ3v) is 28.8. The molecule has 0 aromatic heterocycles. The molecule has 7 aliphatic heterocycles. The highest BCUT2D eigenvalue weighted by Gasteiger charge is 2.67. The number of nitrogens with one attached hydrogen (secondary N) is 5. The minimum atomic E-state index is -3.68. The van der Waals surface area contributed by atoms with Gasteiger partial charge in [-0.3, -0.25) is 24.0 Å². The monoisotopic (exact) mass is 2170 g/mol. The summed E-state index contributed by atoms with van der Waals surface area (Å²) in [5, 5.41) is 309. The normalized spacial score (nSPS) is 35.4. The lowest BCUT2D eigenvalue weighted by Crippen LogP contribution is -2.73. The molecule has 150 heavy (non-hydrogen) atoms. The number of carbonyl (C=O) groups excluding carboxylic acids is 5. The van der Waals surface area contributed by atoms with Crippen molar-refractivity contribution in [3.05, 3.63) is 0 Å². The van der Waals surface area contributed by atoms with Gasteiger partial charge in [0.05, 0.1) is 101 Å². The standard InChI is InChI=1S/C97H171N5O48/c1-8-10-11-12-13-14-15-16-17-18-19-20-21-22-27-30-33-36-65(120)102-53(70(121)54(114)35-32-29-26-24-23-25-28-31-34-48(3)9-2)47-137-89-77(128)76(127)80(63(45-108)141-89)143-91-78(129)86(75(126)62(44-107)140-91)144-88-69(101-52(7)113)85(74(125)60(42-105)138-88)149-96(93(133)134)38-57(117)68(100-51(6)112)84(148-96)73(124)61(43-106)139-90-79(130)87(150-97(94(135)136)39-56(116)67(99-50(5)111)83(147-97)72(123)59(119)41-104)81(64(46-109)142-90)145-95(92(131)132)37-55(115)66(98-49(4)110)82(146-95)71(122)58(118)40-103/h48,53-64,66-91,103-109,114-119,121-130H,8-47H2,1-7H3,(H,98,110)(H,99,111)(H,100,112)(H,101,113)(H,102,120)(H,131,132)(H,133,134)(H,135,136). The maximum atomic E-state index is 14.3. The Morgan fingerprint density at radius 1 is 0.360 bits per heavy atom. The molecule has 0 aliphatic carbocycles. The minimum Gasteiger partial charge on any atom is -0.477 e. The van der Waals surface area contributed by atoms with Gasteiger partial charge in [-0.05, 0) is 18.8 Å². The first kappa shape index (κ1) is 131. The fraction of sp³-hybridized carbons (Fsp3) is 0.918. The van der Waals surface area contributed by atoms with E-state index in [1.54, 1.807) is 0 Å². The maximum absolute atomic E-state index is 14.3. The van der Waals surface area contributed by atoms with E-state index in [1.165, 1.54) is 77.0 Å². The Hall–Kier alpha value is -5.72. The smallest absolute Gasteiger partial charge is 0.364 e. The number of hydrogen-bond acceptors (Lipinski definition) is 45. The van der Waals surface area contributed by atoms with Gasteiger partial charge in [0.2, 0.25) is 29.5 Å². The lowest BCUT2D eigenvalue weighted by atomic mass is 9.87. The molecule has 42 unspecified atom stereocenters. The summed E-state index contributed by atoms with van der Waals surface area (Å²) in [5.74, 6) is -22.0. The van der Waals surface area contributed by atoms with Crippen LogP contribution in [0.1, 0.15) is 254 Å². The van der Waals surface area contributed by atoms with Gasteiger partial charge in [-0.2, -0.15) is 0 Å². The zero-order valence-corrected chi connectivity index (χ0v) is 86.4. The summed E-state index contributed by atoms with van der Waals surface area (Å²) in [6.07, 6.45) is -52.4. The number of aliphatic hydroxyl groups excluding tert-OH is 23. The predicted molar refractivity (Wildman–Crippen MR) is 512 cm³/mol. The average Bonchev–Trinajstić information content (AvgIpc) is 0.793. The van der Waals surface area contributed by atoms with Gasteiger partial charge in [0, 0.05) is 53.4 Å². The summed E-state index contributed by atoms with van der Waals surface area (Å²) in [5.41, 5.74) is 0. The number of unbranched alkanes of at least 4 members (excludes halogenated alkanes) is 23. The Balaban J connectivity index is 1.14. The van der Waals surface area contributed by atoms with E-state index < -0.39 is 369 Å². The first-order valence-electron chi connectivity index (χ1n) is 52.7. The number of hydrogen-bond donors (Lipinski definition) is 31. The number of carbonyl (C=O) groups is 8. The lowest BCUT2D eigenvalue weighted by Gasteiger charge is -2.53. The van der Waals surface area contributed by atoms with Crippen LogP contribution in [0.25, 0.3) is 0 Å². The van der Waals surface area contributed by atoms with Crippen molar-refractivity contribution >= 4 is 47.4 Å². The molecular formula is C97H171N5O48. The Labute approximate surface area is 870 Å². The summed E-state index contributed by atoms with van der Waals surface area (Å²) in [7, 11) is 0. The molecule has 7 aliphatic rings. The van der Waals surface area contributed by atoms with Gasteiger partial charge in [0.25, 0.3) is 17.4 Å². The van der Waals surface area contributed by atoms with Gasteiger partial charge in [0.15, 0.2) is 25.2 Å². The molecule has 42 atom stereocenters. The Bertz CT molecular complexity index is 3960. The second kappa shape index (κ2) is 64.4. The fourth-order valence-corrected chi connectivity index (χ4v) is 20.1. The van der Waals surface area contributed by atoms with Gasteiger partial charge in [0.1, 0.15) is 159 Å². The third-order valence-electron chi connectivity index (χ3n) is 28.8. The Morgan fingerprint density at radius 3 is 1.12 bits per heavy atom. The van der Waals surface area contributed by atoms with Crippen LogP contribution >= 0.6 is 0 Å². The molecule has 0 radical (unpaired) electrons. The van der Waals surface area contributed by atoms with E-state index in [2.05, 4.69) is 47.4 Å². The molecule has 31 N–H and O–H groups in total. The van der Waals surface area contributed by atoms with Crippen molar-refractivity contribution in [1.29, 1.82) is 0 Å². The topological polar surface area (TPSA) is 852 Å². The molecule has 53 heteroatoms. The Kier molecular flexibility index (Phi) is 56.3. The molecule has 7 rings (SSSR count). The quantitative estimate of drug-likeness (QED) is 0.0252.